The van der Waals surface area contributed by atoms with Crippen molar-refractivity contribution in [2.45, 2.75) is 18.2 Å². The zero-order chi connectivity index (χ0) is 19.4. The maximum atomic E-state index is 14.0. The van der Waals surface area contributed by atoms with Crippen LogP contribution >= 0.6 is 15.9 Å². The Labute approximate surface area is 157 Å². The average Bonchev–Trinajstić information content (AvgIpc) is 2.86. The van der Waals surface area contributed by atoms with E-state index in [0.717, 1.165) is 25.1 Å². The van der Waals surface area contributed by atoms with Crippen LogP contribution in [-0.2, 0) is 16.1 Å². The van der Waals surface area contributed by atoms with Gasteiger partial charge in [0, 0.05) is 13.5 Å². The third-order valence-electron chi connectivity index (χ3n) is 3.19. The fourth-order valence-electron chi connectivity index (χ4n) is 2.13. The van der Waals surface area contributed by atoms with Gasteiger partial charge in [-0.15, -0.1) is 0 Å². The van der Waals surface area contributed by atoms with Gasteiger partial charge in [-0.05, 0) is 24.6 Å². The second-order valence-electron chi connectivity index (χ2n) is 5.09. The number of carbonyl (C=O) groups excluding carboxylic acids is 1. The topological polar surface area (TPSA) is 109 Å². The molecule has 0 saturated carbocycles. The van der Waals surface area contributed by atoms with Crippen LogP contribution in [0.1, 0.15) is 23.9 Å². The van der Waals surface area contributed by atoms with Crippen LogP contribution in [0.3, 0.4) is 0 Å². The van der Waals surface area contributed by atoms with Crippen molar-refractivity contribution in [2.24, 2.45) is 0 Å². The van der Waals surface area contributed by atoms with Gasteiger partial charge in [0.05, 0.1) is 10.4 Å². The van der Waals surface area contributed by atoms with E-state index < -0.39 is 45.2 Å². The molecule has 26 heavy (non-hydrogen) atoms. The predicted octanol–water partition coefficient (Wildman–Crippen LogP) is 3.41. The van der Waals surface area contributed by atoms with E-state index in [2.05, 4.69) is 20.7 Å². The van der Waals surface area contributed by atoms with Gasteiger partial charge in [0.1, 0.15) is 11.6 Å². The van der Waals surface area contributed by atoms with E-state index in [-0.39, 0.29) is 30.0 Å². The lowest BCUT2D eigenvalue weighted by atomic mass is 10.1. The van der Waals surface area contributed by atoms with Crippen LogP contribution in [0, 0.1) is 11.6 Å². The van der Waals surface area contributed by atoms with Crippen LogP contribution in [0.25, 0.3) is 11.3 Å². The highest BCUT2D eigenvalue weighted by Gasteiger charge is 2.29. The highest BCUT2D eigenvalue weighted by molar-refractivity contribution is 9.09. The Kier molecular flexibility index (Phi) is 6.87. The molecule has 3 N–H and O–H groups in total. The Morgan fingerprint density at radius 1 is 1.46 bits per heavy atom. The number of ether oxygens (including phenoxy) is 1. The maximum absolute atomic E-state index is 14.0. The molecule has 0 saturated heterocycles. The molecule has 2 aromatic rings. The van der Waals surface area contributed by atoms with E-state index >= 15 is 0 Å². The minimum absolute atomic E-state index is 0.0538. The first-order valence-electron chi connectivity index (χ1n) is 7.18. The third kappa shape index (κ3) is 4.87. The summed E-state index contributed by atoms with van der Waals surface area (Å²) in [7, 11) is 0. The largest absolute Gasteiger partial charge is 0.502 e. The number of nitrogens with one attached hydrogen (secondary N) is 1. The lowest BCUT2D eigenvalue weighted by molar-refractivity contribution is -0.132. The molecule has 2 rings (SSSR count). The predicted molar refractivity (Wildman–Crippen MR) is 92.1 cm³/mol. The van der Waals surface area contributed by atoms with Crippen molar-refractivity contribution in [1.82, 2.24) is 4.72 Å². The Hall–Kier alpha value is -1.82. The quantitative estimate of drug-likeness (QED) is 0.336. The Bertz CT molecular complexity index is 844. The zero-order valence-corrected chi connectivity index (χ0v) is 15.7. The minimum atomic E-state index is -2.21. The smallest absolute Gasteiger partial charge is 0.308 e. The summed E-state index contributed by atoms with van der Waals surface area (Å²) in [6.07, 6.45) is 0.193. The molecule has 0 aliphatic carbocycles. The highest BCUT2D eigenvalue weighted by atomic mass is 79.9. The average molecular weight is 454 g/mol. The lowest BCUT2D eigenvalue weighted by Crippen LogP contribution is -2.18. The van der Waals surface area contributed by atoms with Gasteiger partial charge in [-0.3, -0.25) is 9.35 Å². The van der Waals surface area contributed by atoms with Crippen LogP contribution in [0.2, 0.25) is 0 Å². The first-order chi connectivity index (χ1) is 12.2. The maximum Gasteiger partial charge on any atom is 0.308 e. The molecule has 0 amide bonds. The summed E-state index contributed by atoms with van der Waals surface area (Å²) < 4.78 is 59.4. The number of carbonyl (C=O) groups is 1. The van der Waals surface area contributed by atoms with Crippen LogP contribution in [-0.4, -0.2) is 26.4 Å². The Balaban J connectivity index is 2.45. The first kappa shape index (κ1) is 20.5. The van der Waals surface area contributed by atoms with Crippen LogP contribution in [0.4, 0.5) is 8.78 Å². The number of benzene rings is 1. The van der Waals surface area contributed by atoms with Gasteiger partial charge < -0.3 is 14.3 Å². The van der Waals surface area contributed by atoms with Crippen molar-refractivity contribution >= 4 is 33.2 Å². The normalized spacial score (nSPS) is 13.4. The zero-order valence-electron chi connectivity index (χ0n) is 13.3. The summed E-state index contributed by atoms with van der Waals surface area (Å²) in [4.78, 5) is 10.6. The summed E-state index contributed by atoms with van der Waals surface area (Å²) >= 11 is 1.03. The lowest BCUT2D eigenvalue weighted by Gasteiger charge is -2.08. The molecule has 0 aliphatic heterocycles. The van der Waals surface area contributed by atoms with Crippen molar-refractivity contribution in [1.29, 1.82) is 0 Å². The van der Waals surface area contributed by atoms with E-state index in [0.29, 0.717) is 0 Å². The number of furan rings is 1. The van der Waals surface area contributed by atoms with Gasteiger partial charge in [-0.1, -0.05) is 15.9 Å². The molecular formula is C15H14BrF2NO6S. The molecule has 2 unspecified atom stereocenters. The molecule has 2 atom stereocenters. The fraction of sp³-hybridized carbons (Fsp3) is 0.267. The molecule has 11 heteroatoms. The standard InChI is InChI=1S/C15H14BrF2NO6S/c1-7(20)24-15-12(21)13(9-6-8(17)2-3-11(9)18)25-14(15)10(16)4-5-19-26(22)23/h2-3,6,10,19,21H,4-5H2,1H3,(H,22,23). The SMILES string of the molecule is CC(=O)Oc1c(C(Br)CCNS(=O)O)oc(-c2cc(F)ccc2F)c1O. The monoisotopic (exact) mass is 453 g/mol. The number of rotatable bonds is 7. The van der Waals surface area contributed by atoms with E-state index in [1.165, 1.54) is 0 Å². The number of hydrogen-bond donors (Lipinski definition) is 3. The third-order valence-corrected chi connectivity index (χ3v) is 4.52. The van der Waals surface area contributed by atoms with Gasteiger partial charge in [0.2, 0.25) is 22.8 Å². The van der Waals surface area contributed by atoms with E-state index in [1.807, 2.05) is 0 Å². The van der Waals surface area contributed by atoms with Crippen molar-refractivity contribution < 1.29 is 36.6 Å². The van der Waals surface area contributed by atoms with Crippen LogP contribution in [0.15, 0.2) is 22.6 Å². The van der Waals surface area contributed by atoms with Crippen molar-refractivity contribution in [3.63, 3.8) is 0 Å². The highest BCUT2D eigenvalue weighted by Crippen LogP contribution is 2.48. The van der Waals surface area contributed by atoms with Gasteiger partial charge in [0.15, 0.2) is 11.5 Å². The van der Waals surface area contributed by atoms with Gasteiger partial charge in [-0.2, -0.15) is 0 Å². The second-order valence-corrected chi connectivity index (χ2v) is 6.98. The second kappa shape index (κ2) is 8.71. The van der Waals surface area contributed by atoms with Crippen LogP contribution < -0.4 is 9.46 Å². The number of halogens is 3. The summed E-state index contributed by atoms with van der Waals surface area (Å²) in [5, 5.41) is 10.3. The van der Waals surface area contributed by atoms with Gasteiger partial charge in [0.25, 0.3) is 0 Å². The van der Waals surface area contributed by atoms with E-state index in [4.69, 9.17) is 13.7 Å². The molecule has 142 valence electrons. The molecular weight excluding hydrogens is 440 g/mol. The van der Waals surface area contributed by atoms with Crippen molar-refractivity contribution in [2.75, 3.05) is 6.54 Å². The van der Waals surface area contributed by atoms with Crippen molar-refractivity contribution in [3.8, 4) is 22.8 Å². The molecule has 0 bridgehead atoms. The number of hydrogen-bond acceptors (Lipinski definition) is 5. The molecule has 1 aromatic heterocycles. The Morgan fingerprint density at radius 3 is 2.77 bits per heavy atom. The van der Waals surface area contributed by atoms with E-state index in [1.54, 1.807) is 0 Å². The summed E-state index contributed by atoms with van der Waals surface area (Å²) in [6, 6.07) is 2.60. The number of aromatic hydroxyl groups is 1. The summed E-state index contributed by atoms with van der Waals surface area (Å²) in [6.45, 7) is 1.17. The minimum Gasteiger partial charge on any atom is -0.502 e. The van der Waals surface area contributed by atoms with Gasteiger partial charge in [-0.25, -0.2) is 17.7 Å². The molecule has 1 heterocycles. The molecule has 1 aromatic carbocycles. The molecule has 7 nitrogen and oxygen atoms in total. The molecule has 0 radical (unpaired) electrons. The number of alkyl halides is 1. The van der Waals surface area contributed by atoms with Crippen molar-refractivity contribution in [3.05, 3.63) is 35.6 Å². The summed E-state index contributed by atoms with van der Waals surface area (Å²) in [5.41, 5.74) is -0.351. The fourth-order valence-corrected chi connectivity index (χ4v) is 2.95. The van der Waals surface area contributed by atoms with Crippen LogP contribution in [0.5, 0.6) is 11.5 Å². The molecule has 0 aliphatic rings. The Morgan fingerprint density at radius 2 is 2.15 bits per heavy atom. The summed E-state index contributed by atoms with van der Waals surface area (Å²) in [5.74, 6) is -3.83. The number of esters is 1. The van der Waals surface area contributed by atoms with Gasteiger partial charge >= 0.3 is 5.97 Å². The molecule has 0 spiro atoms. The van der Waals surface area contributed by atoms with E-state index in [9.17, 15) is 22.9 Å². The molecule has 0 fully saturated rings. The first-order valence-corrected chi connectivity index (χ1v) is 9.20.